The van der Waals surface area contributed by atoms with E-state index in [1.165, 1.54) is 29.5 Å². The number of carbonyl (C=O) groups is 1. The van der Waals surface area contributed by atoms with Crippen LogP contribution in [0.2, 0.25) is 5.02 Å². The Kier molecular flexibility index (Phi) is 5.25. The average Bonchev–Trinajstić information content (AvgIpc) is 3.39. The predicted molar refractivity (Wildman–Crippen MR) is 109 cm³/mol. The zero-order valence-corrected chi connectivity index (χ0v) is 16.8. The van der Waals surface area contributed by atoms with Gasteiger partial charge in [0.05, 0.1) is 9.80 Å². The van der Waals surface area contributed by atoms with E-state index in [9.17, 15) is 14.9 Å². The number of nitro groups is 1. The summed E-state index contributed by atoms with van der Waals surface area (Å²) >= 11 is 8.96. The predicted octanol–water partition coefficient (Wildman–Crippen LogP) is 3.79. The van der Waals surface area contributed by atoms with E-state index in [2.05, 4.69) is 15.1 Å². The molecule has 3 heterocycles. The molecule has 1 amide bonds. The van der Waals surface area contributed by atoms with E-state index < -0.39 is 4.92 Å². The molecule has 1 fully saturated rings. The Hall–Kier alpha value is -2.56. The van der Waals surface area contributed by atoms with E-state index >= 15 is 0 Å². The van der Waals surface area contributed by atoms with Crippen LogP contribution in [0.4, 0.5) is 10.8 Å². The molecule has 0 N–H and O–H groups in total. The van der Waals surface area contributed by atoms with E-state index in [0.717, 1.165) is 15.0 Å². The van der Waals surface area contributed by atoms with Crippen molar-refractivity contribution in [3.05, 3.63) is 56.4 Å². The first-order chi connectivity index (χ1) is 13.5. The number of anilines is 1. The topological polar surface area (TPSA) is 92.5 Å². The maximum Gasteiger partial charge on any atom is 0.283 e. The molecule has 0 saturated carbocycles. The van der Waals surface area contributed by atoms with Gasteiger partial charge in [-0.15, -0.1) is 21.5 Å². The molecule has 8 nitrogen and oxygen atoms in total. The van der Waals surface area contributed by atoms with Crippen molar-refractivity contribution >= 4 is 51.0 Å². The largest absolute Gasteiger partial charge is 0.343 e. The van der Waals surface area contributed by atoms with E-state index in [4.69, 9.17) is 11.6 Å². The number of piperazine rings is 1. The zero-order valence-electron chi connectivity index (χ0n) is 14.4. The zero-order chi connectivity index (χ0) is 19.7. The molecule has 0 radical (unpaired) electrons. The van der Waals surface area contributed by atoms with Crippen LogP contribution >= 0.6 is 34.3 Å². The van der Waals surface area contributed by atoms with Crippen LogP contribution in [-0.4, -0.2) is 52.1 Å². The van der Waals surface area contributed by atoms with Crippen LogP contribution in [0, 0.1) is 10.1 Å². The highest BCUT2D eigenvalue weighted by atomic mass is 35.5. The Bertz CT molecular complexity index is 1020. The normalized spacial score (nSPS) is 14.3. The lowest BCUT2D eigenvalue weighted by atomic mass is 10.1. The Morgan fingerprint density at radius 2 is 1.96 bits per heavy atom. The highest BCUT2D eigenvalue weighted by molar-refractivity contribution is 7.22. The first-order valence-electron chi connectivity index (χ1n) is 8.38. The molecule has 1 aromatic carbocycles. The van der Waals surface area contributed by atoms with Crippen LogP contribution in [0.3, 0.4) is 0 Å². The Morgan fingerprint density at radius 3 is 2.64 bits per heavy atom. The third kappa shape index (κ3) is 3.71. The summed E-state index contributed by atoms with van der Waals surface area (Å²) in [5.74, 6) is -0.362. The number of carbonyl (C=O) groups excluding carboxylic acids is 1. The maximum atomic E-state index is 12.8. The molecule has 11 heteroatoms. The van der Waals surface area contributed by atoms with Gasteiger partial charge in [-0.3, -0.25) is 14.9 Å². The van der Waals surface area contributed by atoms with Gasteiger partial charge in [0, 0.05) is 37.3 Å². The second kappa shape index (κ2) is 7.82. The first-order valence-corrected chi connectivity index (χ1v) is 10.5. The molecule has 0 atom stereocenters. The lowest BCUT2D eigenvalue weighted by Crippen LogP contribution is -2.48. The molecule has 4 rings (SSSR count). The molecule has 1 aliphatic heterocycles. The minimum Gasteiger partial charge on any atom is -0.343 e. The molecule has 144 valence electrons. The molecule has 0 spiro atoms. The fourth-order valence-electron chi connectivity index (χ4n) is 2.95. The number of amides is 1. The first kappa shape index (κ1) is 18.8. The summed E-state index contributed by atoms with van der Waals surface area (Å²) in [6.45, 7) is 2.08. The number of halogens is 1. The third-order valence-electron chi connectivity index (χ3n) is 4.37. The number of aromatic nitrogens is 2. The summed E-state index contributed by atoms with van der Waals surface area (Å²) in [5.41, 5.74) is -0.219. The molecule has 1 aliphatic rings. The minimum absolute atomic E-state index is 0.0544. The monoisotopic (exact) mass is 435 g/mol. The van der Waals surface area contributed by atoms with Gasteiger partial charge in [0.25, 0.3) is 11.6 Å². The summed E-state index contributed by atoms with van der Waals surface area (Å²) in [6.07, 6.45) is 0. The van der Waals surface area contributed by atoms with Crippen LogP contribution in [0.25, 0.3) is 9.88 Å². The summed E-state index contributed by atoms with van der Waals surface area (Å²) in [7, 11) is 0. The van der Waals surface area contributed by atoms with E-state index in [0.29, 0.717) is 26.2 Å². The van der Waals surface area contributed by atoms with Crippen molar-refractivity contribution < 1.29 is 9.72 Å². The van der Waals surface area contributed by atoms with Crippen molar-refractivity contribution in [2.75, 3.05) is 31.1 Å². The number of hydrogen-bond acceptors (Lipinski definition) is 8. The van der Waals surface area contributed by atoms with Crippen molar-refractivity contribution in [1.29, 1.82) is 0 Å². The number of nitro benzene ring substituents is 1. The van der Waals surface area contributed by atoms with E-state index in [1.807, 2.05) is 17.5 Å². The average molecular weight is 436 g/mol. The number of benzene rings is 1. The summed E-state index contributed by atoms with van der Waals surface area (Å²) < 4.78 is 0. The smallest absolute Gasteiger partial charge is 0.283 e. The Balaban J connectivity index is 1.45. The summed E-state index contributed by atoms with van der Waals surface area (Å²) in [5, 5.41) is 23.7. The number of rotatable bonds is 4. The molecule has 0 bridgehead atoms. The maximum absolute atomic E-state index is 12.8. The highest BCUT2D eigenvalue weighted by Gasteiger charge is 2.28. The third-order valence-corrected chi connectivity index (χ3v) is 6.63. The molecule has 3 aromatic rings. The van der Waals surface area contributed by atoms with Crippen molar-refractivity contribution in [3.8, 4) is 9.88 Å². The van der Waals surface area contributed by atoms with Crippen LogP contribution in [0.1, 0.15) is 10.4 Å². The number of nitrogens with zero attached hydrogens (tertiary/aromatic N) is 5. The number of hydrogen-bond donors (Lipinski definition) is 0. The summed E-state index contributed by atoms with van der Waals surface area (Å²) in [4.78, 5) is 28.2. The molecular formula is C17H14ClN5O3S2. The van der Waals surface area contributed by atoms with Crippen molar-refractivity contribution in [3.63, 3.8) is 0 Å². The van der Waals surface area contributed by atoms with Crippen molar-refractivity contribution in [2.45, 2.75) is 0 Å². The van der Waals surface area contributed by atoms with Crippen LogP contribution in [0.15, 0.2) is 35.7 Å². The SMILES string of the molecule is O=C(c1ccc(Cl)cc1[N+](=O)[O-])N1CCN(c2nnc(-c3cccs3)s2)CC1. The standard InChI is InChI=1S/C17H14ClN5O3S2/c18-11-3-4-12(13(10-11)23(25)26)16(24)21-5-7-22(8-6-21)17-20-19-15(28-17)14-2-1-9-27-14/h1-4,9-10H,5-8H2. The van der Waals surface area contributed by atoms with Crippen LogP contribution in [0.5, 0.6) is 0 Å². The van der Waals surface area contributed by atoms with Gasteiger partial charge in [0.1, 0.15) is 5.56 Å². The van der Waals surface area contributed by atoms with E-state index in [1.54, 1.807) is 16.2 Å². The van der Waals surface area contributed by atoms with Gasteiger partial charge in [0.15, 0.2) is 5.01 Å². The second-order valence-corrected chi connectivity index (χ2v) is 8.41. The van der Waals surface area contributed by atoms with Gasteiger partial charge in [-0.05, 0) is 23.6 Å². The molecule has 1 saturated heterocycles. The van der Waals surface area contributed by atoms with Gasteiger partial charge in [-0.2, -0.15) is 0 Å². The lowest BCUT2D eigenvalue weighted by molar-refractivity contribution is -0.385. The van der Waals surface area contributed by atoms with Crippen LogP contribution in [-0.2, 0) is 0 Å². The van der Waals surface area contributed by atoms with Gasteiger partial charge in [0.2, 0.25) is 5.13 Å². The van der Waals surface area contributed by atoms with Crippen molar-refractivity contribution in [2.24, 2.45) is 0 Å². The van der Waals surface area contributed by atoms with Gasteiger partial charge in [-0.1, -0.05) is 29.0 Å². The molecule has 28 heavy (non-hydrogen) atoms. The molecule has 0 unspecified atom stereocenters. The molecule has 2 aromatic heterocycles. The number of thiophene rings is 1. The fourth-order valence-corrected chi connectivity index (χ4v) is 4.81. The minimum atomic E-state index is -0.581. The molecular weight excluding hydrogens is 422 g/mol. The van der Waals surface area contributed by atoms with Gasteiger partial charge in [-0.25, -0.2) is 0 Å². The Morgan fingerprint density at radius 1 is 1.18 bits per heavy atom. The van der Waals surface area contributed by atoms with Gasteiger partial charge < -0.3 is 9.80 Å². The molecule has 0 aliphatic carbocycles. The quantitative estimate of drug-likeness (QED) is 0.457. The Labute approximate surface area is 173 Å². The lowest BCUT2D eigenvalue weighted by Gasteiger charge is -2.34. The summed E-state index contributed by atoms with van der Waals surface area (Å²) in [6, 6.07) is 8.09. The fraction of sp³-hybridized carbons (Fsp3) is 0.235. The highest BCUT2D eigenvalue weighted by Crippen LogP contribution is 2.32. The second-order valence-electron chi connectivity index (χ2n) is 6.06. The van der Waals surface area contributed by atoms with Gasteiger partial charge >= 0.3 is 0 Å². The van der Waals surface area contributed by atoms with Crippen molar-refractivity contribution in [1.82, 2.24) is 15.1 Å². The van der Waals surface area contributed by atoms with Crippen LogP contribution < -0.4 is 4.90 Å². The van der Waals surface area contributed by atoms with E-state index in [-0.39, 0.29) is 22.2 Å².